The van der Waals surface area contributed by atoms with Gasteiger partial charge in [0, 0.05) is 11.6 Å². The van der Waals surface area contributed by atoms with Gasteiger partial charge in [0.2, 0.25) is 0 Å². The zero-order chi connectivity index (χ0) is 18.3. The second-order valence-corrected chi connectivity index (χ2v) is 5.84. The van der Waals surface area contributed by atoms with Crippen LogP contribution in [0.4, 0.5) is 18.0 Å². The molecule has 8 heteroatoms. The van der Waals surface area contributed by atoms with Crippen LogP contribution in [0.25, 0.3) is 0 Å². The number of urea groups is 1. The van der Waals surface area contributed by atoms with E-state index in [1.807, 2.05) is 13.8 Å². The highest BCUT2D eigenvalue weighted by molar-refractivity contribution is 5.94. The lowest BCUT2D eigenvalue weighted by molar-refractivity contribution is -0.885. The maximum atomic E-state index is 12.5. The number of hydrogen-bond donors (Lipinski definition) is 3. The van der Waals surface area contributed by atoms with Crippen molar-refractivity contribution in [2.45, 2.75) is 39.0 Å². The van der Waals surface area contributed by atoms with Gasteiger partial charge >= 0.3 is 12.2 Å². The summed E-state index contributed by atoms with van der Waals surface area (Å²) in [5, 5.41) is 4.85. The van der Waals surface area contributed by atoms with E-state index in [9.17, 15) is 22.8 Å². The molecule has 0 aliphatic carbocycles. The highest BCUT2D eigenvalue weighted by Crippen LogP contribution is 2.28. The van der Waals surface area contributed by atoms with Gasteiger partial charge in [-0.25, -0.2) is 4.79 Å². The normalized spacial score (nSPS) is 13.9. The van der Waals surface area contributed by atoms with Crippen molar-refractivity contribution in [3.05, 3.63) is 35.4 Å². The Morgan fingerprint density at radius 1 is 1.21 bits per heavy atom. The molecule has 0 aliphatic rings. The molecule has 1 unspecified atom stereocenters. The van der Waals surface area contributed by atoms with Gasteiger partial charge in [-0.05, 0) is 25.5 Å². The van der Waals surface area contributed by atoms with Crippen molar-refractivity contribution >= 4 is 11.9 Å². The summed E-state index contributed by atoms with van der Waals surface area (Å²) in [6.45, 7) is 4.15. The first-order valence-electron chi connectivity index (χ1n) is 7.69. The molecule has 134 valence electrons. The largest absolute Gasteiger partial charge is 0.416 e. The second-order valence-electron chi connectivity index (χ2n) is 5.84. The summed E-state index contributed by atoms with van der Waals surface area (Å²) in [6.07, 6.45) is -3.61. The summed E-state index contributed by atoms with van der Waals surface area (Å²) >= 11 is 0. The Hall–Kier alpha value is -2.09. The maximum Gasteiger partial charge on any atom is 0.416 e. The molecule has 0 spiro atoms. The number of nitrogens with one attached hydrogen (secondary N) is 3. The summed E-state index contributed by atoms with van der Waals surface area (Å²) in [5.41, 5.74) is -0.0271. The van der Waals surface area contributed by atoms with Gasteiger partial charge in [-0.3, -0.25) is 10.1 Å². The number of benzene rings is 1. The van der Waals surface area contributed by atoms with Crippen molar-refractivity contribution in [1.82, 2.24) is 10.6 Å². The van der Waals surface area contributed by atoms with Crippen LogP contribution >= 0.6 is 0 Å². The molecule has 1 rings (SSSR count). The number of imide groups is 1. The number of likely N-dealkylation sites (N-methyl/N-ethyl adjacent to an activating group) is 1. The Morgan fingerprint density at radius 2 is 1.79 bits per heavy atom. The molecule has 0 aliphatic heterocycles. The average molecular weight is 346 g/mol. The van der Waals surface area contributed by atoms with Crippen LogP contribution in [-0.2, 0) is 17.5 Å². The molecule has 0 fully saturated rings. The fourth-order valence-corrected chi connectivity index (χ4v) is 2.03. The highest BCUT2D eigenvalue weighted by Gasteiger charge is 2.30. The third-order valence-electron chi connectivity index (χ3n) is 3.49. The quantitative estimate of drug-likeness (QED) is 0.728. The third kappa shape index (κ3) is 6.99. The monoisotopic (exact) mass is 346 g/mol. The van der Waals surface area contributed by atoms with Gasteiger partial charge < -0.3 is 10.2 Å². The molecular weight excluding hydrogens is 323 g/mol. The lowest BCUT2D eigenvalue weighted by Gasteiger charge is -2.15. The zero-order valence-corrected chi connectivity index (χ0v) is 14.0. The topological polar surface area (TPSA) is 62.6 Å². The van der Waals surface area contributed by atoms with Crippen LogP contribution in [0.1, 0.15) is 31.4 Å². The van der Waals surface area contributed by atoms with Crippen LogP contribution in [0.3, 0.4) is 0 Å². The van der Waals surface area contributed by atoms with E-state index in [4.69, 9.17) is 0 Å². The van der Waals surface area contributed by atoms with Crippen molar-refractivity contribution in [2.75, 3.05) is 13.6 Å². The molecule has 24 heavy (non-hydrogen) atoms. The first kappa shape index (κ1) is 20.0. The van der Waals surface area contributed by atoms with Crippen LogP contribution in [0.2, 0.25) is 0 Å². The minimum absolute atomic E-state index is 0.0324. The number of halogens is 3. The van der Waals surface area contributed by atoms with Gasteiger partial charge in [0.1, 0.15) is 6.54 Å². The summed E-state index contributed by atoms with van der Waals surface area (Å²) in [4.78, 5) is 24.1. The number of amides is 3. The van der Waals surface area contributed by atoms with Gasteiger partial charge in [0.05, 0.1) is 12.6 Å². The van der Waals surface area contributed by atoms with E-state index < -0.39 is 23.7 Å². The van der Waals surface area contributed by atoms with E-state index in [1.165, 1.54) is 12.1 Å². The standard InChI is InChI=1S/C16H22F3N3O2/c1-4-11(2)20-15(24)21-14(23)10-22(3)9-12-5-7-13(8-6-12)16(17,18)19/h5-8,11H,4,9-10H2,1-3H3,(H2,20,21,23,24)/p+1/t11-/m0/s1. The molecule has 3 N–H and O–H groups in total. The lowest BCUT2D eigenvalue weighted by Crippen LogP contribution is -3.09. The van der Waals surface area contributed by atoms with Crippen molar-refractivity contribution < 1.29 is 27.7 Å². The van der Waals surface area contributed by atoms with Gasteiger partial charge in [-0.15, -0.1) is 0 Å². The minimum atomic E-state index is -4.36. The smallest absolute Gasteiger partial charge is 0.335 e. The lowest BCUT2D eigenvalue weighted by atomic mass is 10.1. The number of rotatable bonds is 6. The fourth-order valence-electron chi connectivity index (χ4n) is 2.03. The summed E-state index contributed by atoms with van der Waals surface area (Å²) < 4.78 is 37.5. The van der Waals surface area contributed by atoms with E-state index in [-0.39, 0.29) is 12.6 Å². The van der Waals surface area contributed by atoms with E-state index >= 15 is 0 Å². The fraction of sp³-hybridized carbons (Fsp3) is 0.500. The van der Waals surface area contributed by atoms with Crippen LogP contribution < -0.4 is 15.5 Å². The first-order valence-corrected chi connectivity index (χ1v) is 7.69. The molecule has 0 heterocycles. The molecule has 0 bridgehead atoms. The predicted octanol–water partition coefficient (Wildman–Crippen LogP) is 1.34. The molecule has 0 saturated carbocycles. The van der Waals surface area contributed by atoms with Gasteiger partial charge in [-0.2, -0.15) is 13.2 Å². The number of carbonyl (C=O) groups excluding carboxylic acids is 2. The Morgan fingerprint density at radius 3 is 2.29 bits per heavy atom. The van der Waals surface area contributed by atoms with E-state index in [0.717, 1.165) is 23.5 Å². The van der Waals surface area contributed by atoms with Crippen molar-refractivity contribution in [2.24, 2.45) is 0 Å². The molecule has 1 aromatic carbocycles. The number of quaternary nitrogens is 1. The summed E-state index contributed by atoms with van der Waals surface area (Å²) in [7, 11) is 1.73. The van der Waals surface area contributed by atoms with E-state index in [1.54, 1.807) is 7.05 Å². The van der Waals surface area contributed by atoms with E-state index in [0.29, 0.717) is 12.1 Å². The van der Waals surface area contributed by atoms with Gasteiger partial charge in [-0.1, -0.05) is 19.1 Å². The first-order chi connectivity index (χ1) is 11.1. The van der Waals surface area contributed by atoms with E-state index in [2.05, 4.69) is 10.6 Å². The second kappa shape index (κ2) is 8.68. The molecule has 5 nitrogen and oxygen atoms in total. The predicted molar refractivity (Wildman–Crippen MR) is 83.3 cm³/mol. The molecule has 0 saturated heterocycles. The maximum absolute atomic E-state index is 12.5. The SMILES string of the molecule is CC[C@H](C)NC(=O)NC(=O)C[NH+](C)Cc1ccc(C(F)(F)F)cc1. The Balaban J connectivity index is 2.46. The molecular formula is C16H23F3N3O2+. The molecule has 0 radical (unpaired) electrons. The van der Waals surface area contributed by atoms with Crippen LogP contribution in [-0.4, -0.2) is 31.6 Å². The van der Waals surface area contributed by atoms with Crippen molar-refractivity contribution in [1.29, 1.82) is 0 Å². The van der Waals surface area contributed by atoms with Gasteiger partial charge in [0.15, 0.2) is 6.54 Å². The highest BCUT2D eigenvalue weighted by atomic mass is 19.4. The average Bonchev–Trinajstić information content (AvgIpc) is 2.45. The molecule has 0 aromatic heterocycles. The third-order valence-corrected chi connectivity index (χ3v) is 3.49. The molecule has 2 atom stereocenters. The molecule has 1 aromatic rings. The number of carbonyl (C=O) groups is 2. The molecule has 3 amide bonds. The van der Waals surface area contributed by atoms with Crippen LogP contribution in [0.5, 0.6) is 0 Å². The zero-order valence-electron chi connectivity index (χ0n) is 14.0. The Kier molecular flexibility index (Phi) is 7.21. The Bertz CT molecular complexity index is 559. The number of alkyl halides is 3. The number of hydrogen-bond acceptors (Lipinski definition) is 2. The van der Waals surface area contributed by atoms with Crippen LogP contribution in [0.15, 0.2) is 24.3 Å². The summed E-state index contributed by atoms with van der Waals surface area (Å²) in [6, 6.07) is 4.23. The van der Waals surface area contributed by atoms with Crippen LogP contribution in [0, 0.1) is 0 Å². The minimum Gasteiger partial charge on any atom is -0.335 e. The summed E-state index contributed by atoms with van der Waals surface area (Å²) in [5.74, 6) is -0.444. The van der Waals surface area contributed by atoms with Crippen molar-refractivity contribution in [3.8, 4) is 0 Å². The van der Waals surface area contributed by atoms with Crippen molar-refractivity contribution in [3.63, 3.8) is 0 Å². The Labute approximate surface area is 139 Å². The van der Waals surface area contributed by atoms with Gasteiger partial charge in [0.25, 0.3) is 5.91 Å².